The normalized spacial score (nSPS) is 11.5. The van der Waals surface area contributed by atoms with Crippen LogP contribution in [0.1, 0.15) is 22.3 Å². The maximum Gasteiger partial charge on any atom is 0.0991 e. The summed E-state index contributed by atoms with van der Waals surface area (Å²) in [5.41, 5.74) is 9.65. The fraction of sp³-hybridized carbons (Fsp3) is 0.106. The second kappa shape index (κ2) is 12.7. The van der Waals surface area contributed by atoms with Crippen molar-refractivity contribution in [2.75, 3.05) is 9.80 Å². The average Bonchev–Trinajstić information content (AvgIpc) is 3.16. The first-order chi connectivity index (χ1) is 25.1. The third-order valence-corrected chi connectivity index (χ3v) is 12.1. The van der Waals surface area contributed by atoms with Crippen LogP contribution in [0.2, 0.25) is 19.6 Å². The lowest BCUT2D eigenvalue weighted by Crippen LogP contribution is -2.37. The van der Waals surface area contributed by atoms with E-state index in [0.29, 0.717) is 11.1 Å². The van der Waals surface area contributed by atoms with Crippen molar-refractivity contribution in [1.29, 1.82) is 10.5 Å². The molecule has 52 heavy (non-hydrogen) atoms. The van der Waals surface area contributed by atoms with E-state index in [4.69, 9.17) is 0 Å². The summed E-state index contributed by atoms with van der Waals surface area (Å²) < 4.78 is 0. The van der Waals surface area contributed by atoms with Gasteiger partial charge in [0.1, 0.15) is 0 Å². The van der Waals surface area contributed by atoms with Gasteiger partial charge >= 0.3 is 0 Å². The number of anilines is 6. The predicted octanol–water partition coefficient (Wildman–Crippen LogP) is 12.4. The van der Waals surface area contributed by atoms with Crippen molar-refractivity contribution >= 4 is 79.7 Å². The van der Waals surface area contributed by atoms with Gasteiger partial charge in [-0.1, -0.05) is 96.6 Å². The zero-order chi connectivity index (χ0) is 36.1. The van der Waals surface area contributed by atoms with Crippen LogP contribution in [-0.2, 0) is 0 Å². The Hall–Kier alpha value is -6.40. The number of rotatable bonds is 7. The van der Waals surface area contributed by atoms with Crippen LogP contribution in [0.5, 0.6) is 0 Å². The molecule has 250 valence electrons. The molecule has 8 aromatic carbocycles. The van der Waals surface area contributed by atoms with Crippen LogP contribution in [0, 0.1) is 36.5 Å². The van der Waals surface area contributed by atoms with Gasteiger partial charge in [-0.25, -0.2) is 0 Å². The molecule has 4 nitrogen and oxygen atoms in total. The van der Waals surface area contributed by atoms with Crippen LogP contribution in [-0.4, -0.2) is 8.07 Å². The summed E-state index contributed by atoms with van der Waals surface area (Å²) in [5.74, 6) is 0. The standard InChI is InChI=1S/C47H38N4Si/c1-31-6-16-37(17-7-31)50(39-20-10-33(29-48)11-21-39)44-28-45(51(38-18-8-32(2)9-19-38)40-22-12-34(30-49)13-23-40)43-25-15-36-27-41(52(3,4)5)26-35-14-24-42(44)47(43)46(35)36/h6-28H,1-5H3. The quantitative estimate of drug-likeness (QED) is 0.124. The Morgan fingerprint density at radius 2 is 0.808 bits per heavy atom. The highest BCUT2D eigenvalue weighted by Crippen LogP contribution is 2.50. The molecule has 0 unspecified atom stereocenters. The van der Waals surface area contributed by atoms with Gasteiger partial charge in [0.15, 0.2) is 0 Å². The maximum atomic E-state index is 9.68. The number of nitriles is 2. The molecule has 0 spiro atoms. The maximum absolute atomic E-state index is 9.68. The monoisotopic (exact) mass is 686 g/mol. The van der Waals surface area contributed by atoms with Gasteiger partial charge < -0.3 is 9.80 Å². The summed E-state index contributed by atoms with van der Waals surface area (Å²) in [6.45, 7) is 11.4. The summed E-state index contributed by atoms with van der Waals surface area (Å²) in [6, 6.07) is 53.9. The number of hydrogen-bond acceptors (Lipinski definition) is 4. The molecule has 0 aromatic heterocycles. The smallest absolute Gasteiger partial charge is 0.0991 e. The molecule has 5 heteroatoms. The molecule has 0 N–H and O–H groups in total. The van der Waals surface area contributed by atoms with E-state index in [1.54, 1.807) is 0 Å². The first-order valence-electron chi connectivity index (χ1n) is 17.6. The lowest BCUT2D eigenvalue weighted by molar-refractivity contribution is 1.26. The molecule has 8 aromatic rings. The van der Waals surface area contributed by atoms with Gasteiger partial charge in [-0.2, -0.15) is 10.5 Å². The lowest BCUT2D eigenvalue weighted by Gasteiger charge is -2.32. The number of aryl methyl sites for hydroxylation is 2. The molecular formula is C47H38N4Si. The fourth-order valence-electron chi connectivity index (χ4n) is 7.29. The van der Waals surface area contributed by atoms with Crippen molar-refractivity contribution < 1.29 is 0 Å². The van der Waals surface area contributed by atoms with Gasteiger partial charge in [0.25, 0.3) is 0 Å². The summed E-state index contributed by atoms with van der Waals surface area (Å²) in [5, 5.41) is 28.0. The molecule has 0 amide bonds. The minimum absolute atomic E-state index is 0.619. The molecule has 8 rings (SSSR count). The Morgan fingerprint density at radius 1 is 0.442 bits per heavy atom. The molecule has 0 atom stereocenters. The molecule has 0 fully saturated rings. The van der Waals surface area contributed by atoms with E-state index < -0.39 is 8.07 Å². The second-order valence-corrected chi connectivity index (χ2v) is 19.8. The Balaban J connectivity index is 1.52. The van der Waals surface area contributed by atoms with E-state index in [1.807, 2.05) is 48.5 Å². The fourth-order valence-corrected chi connectivity index (χ4v) is 8.47. The Labute approximate surface area is 306 Å². The van der Waals surface area contributed by atoms with E-state index in [-0.39, 0.29) is 0 Å². The zero-order valence-electron chi connectivity index (χ0n) is 30.1. The van der Waals surface area contributed by atoms with Crippen molar-refractivity contribution in [2.24, 2.45) is 0 Å². The number of benzene rings is 8. The van der Waals surface area contributed by atoms with Crippen molar-refractivity contribution in [3.63, 3.8) is 0 Å². The van der Waals surface area contributed by atoms with Crippen molar-refractivity contribution in [1.82, 2.24) is 0 Å². The van der Waals surface area contributed by atoms with Crippen LogP contribution in [0.4, 0.5) is 34.1 Å². The number of hydrogen-bond donors (Lipinski definition) is 0. The molecule has 0 aliphatic carbocycles. The van der Waals surface area contributed by atoms with E-state index in [2.05, 4.69) is 146 Å². The van der Waals surface area contributed by atoms with Gasteiger partial charge in [-0.05, 0) is 109 Å². The van der Waals surface area contributed by atoms with Crippen molar-refractivity contribution in [3.05, 3.63) is 162 Å². The third kappa shape index (κ3) is 5.72. The minimum atomic E-state index is -1.60. The van der Waals surface area contributed by atoms with Crippen LogP contribution in [0.25, 0.3) is 32.3 Å². The summed E-state index contributed by atoms with van der Waals surface area (Å²) in [4.78, 5) is 4.63. The summed E-state index contributed by atoms with van der Waals surface area (Å²) >= 11 is 0. The van der Waals surface area contributed by atoms with E-state index in [9.17, 15) is 10.5 Å². The number of nitrogens with zero attached hydrogens (tertiary/aromatic N) is 4. The van der Waals surface area contributed by atoms with Gasteiger partial charge in [-0.3, -0.25) is 0 Å². The molecule has 0 radical (unpaired) electrons. The predicted molar refractivity (Wildman–Crippen MR) is 221 cm³/mol. The van der Waals surface area contributed by atoms with E-state index in [0.717, 1.165) is 44.9 Å². The van der Waals surface area contributed by atoms with Crippen molar-refractivity contribution in [3.8, 4) is 12.1 Å². The molecule has 0 aliphatic heterocycles. The molecular weight excluding hydrogens is 649 g/mol. The average molecular weight is 687 g/mol. The molecule has 0 saturated heterocycles. The zero-order valence-corrected chi connectivity index (χ0v) is 31.1. The second-order valence-electron chi connectivity index (χ2n) is 14.7. The van der Waals surface area contributed by atoms with Crippen molar-refractivity contribution in [2.45, 2.75) is 33.5 Å². The third-order valence-electron chi connectivity index (χ3n) is 10.1. The van der Waals surface area contributed by atoms with E-state index in [1.165, 1.54) is 37.9 Å². The topological polar surface area (TPSA) is 54.1 Å². The first-order valence-corrected chi connectivity index (χ1v) is 21.1. The largest absolute Gasteiger partial charge is 0.310 e. The molecule has 0 bridgehead atoms. The Morgan fingerprint density at radius 3 is 1.15 bits per heavy atom. The van der Waals surface area contributed by atoms with Gasteiger partial charge in [0.2, 0.25) is 0 Å². The minimum Gasteiger partial charge on any atom is -0.310 e. The molecule has 0 aliphatic rings. The van der Waals surface area contributed by atoms with Gasteiger partial charge in [0, 0.05) is 38.9 Å². The van der Waals surface area contributed by atoms with Crippen LogP contribution < -0.4 is 15.0 Å². The van der Waals surface area contributed by atoms with Crippen LogP contribution in [0.3, 0.4) is 0 Å². The summed E-state index contributed by atoms with van der Waals surface area (Å²) in [7, 11) is -1.60. The molecule has 0 saturated carbocycles. The van der Waals surface area contributed by atoms with Crippen LogP contribution >= 0.6 is 0 Å². The molecule has 0 heterocycles. The highest BCUT2D eigenvalue weighted by Gasteiger charge is 2.26. The van der Waals surface area contributed by atoms with Gasteiger partial charge in [0.05, 0.1) is 42.7 Å². The highest BCUT2D eigenvalue weighted by molar-refractivity contribution is 6.89. The highest BCUT2D eigenvalue weighted by atomic mass is 28.3. The first kappa shape index (κ1) is 32.8. The Kier molecular flexibility index (Phi) is 8.03. The SMILES string of the molecule is Cc1ccc(N(c2ccc(C#N)cc2)c2cc(N(c3ccc(C)cc3)c3ccc(C#N)cc3)c3ccc4cc([Si](C)(C)C)cc5ccc2c3c54)cc1. The Bertz CT molecular complexity index is 2500. The van der Waals surface area contributed by atoms with Gasteiger partial charge in [-0.15, -0.1) is 0 Å². The van der Waals surface area contributed by atoms with E-state index >= 15 is 0 Å². The van der Waals surface area contributed by atoms with Crippen LogP contribution in [0.15, 0.2) is 140 Å². The lowest BCUT2D eigenvalue weighted by atomic mass is 9.91. The summed E-state index contributed by atoms with van der Waals surface area (Å²) in [6.07, 6.45) is 0.